The van der Waals surface area contributed by atoms with E-state index in [9.17, 15) is 14.0 Å². The van der Waals surface area contributed by atoms with Crippen LogP contribution in [0, 0.1) is 5.82 Å². The molecular weight excluding hydrogens is 245 g/mol. The monoisotopic (exact) mass is 255 g/mol. The summed E-state index contributed by atoms with van der Waals surface area (Å²) in [7, 11) is 0. The molecule has 6 heteroatoms. The lowest BCUT2D eigenvalue weighted by Gasteiger charge is -2.23. The molecule has 1 unspecified atom stereocenters. The molecule has 0 saturated heterocycles. The van der Waals surface area contributed by atoms with Gasteiger partial charge in [0, 0.05) is 11.3 Å². The fraction of sp³-hybridized carbons (Fsp3) is 0.273. The Bertz CT molecular complexity index is 478. The zero-order valence-electron chi connectivity index (χ0n) is 8.77. The van der Waals surface area contributed by atoms with Gasteiger partial charge in [0.15, 0.2) is 0 Å². The molecule has 2 rings (SSSR count). The zero-order chi connectivity index (χ0) is 12.4. The van der Waals surface area contributed by atoms with E-state index in [1.807, 2.05) is 0 Å². The lowest BCUT2D eigenvalue weighted by atomic mass is 10.2. The molecule has 2 N–H and O–H groups in total. The van der Waals surface area contributed by atoms with Crippen LogP contribution in [0.2, 0.25) is 0 Å². The molecule has 17 heavy (non-hydrogen) atoms. The molecular formula is C11H10FNO3S. The first kappa shape index (κ1) is 11.9. The van der Waals surface area contributed by atoms with Crippen LogP contribution in [0.5, 0.6) is 0 Å². The number of rotatable bonds is 3. The van der Waals surface area contributed by atoms with Crippen LogP contribution < -0.4 is 5.32 Å². The number of hydrogen-bond donors (Lipinski definition) is 2. The van der Waals surface area contributed by atoms with Gasteiger partial charge in [0.25, 0.3) is 0 Å². The molecule has 90 valence electrons. The minimum Gasteiger partial charge on any atom is -0.481 e. The van der Waals surface area contributed by atoms with E-state index in [0.717, 1.165) is 4.90 Å². The second kappa shape index (κ2) is 4.75. The van der Waals surface area contributed by atoms with Gasteiger partial charge in [-0.25, -0.2) is 4.39 Å². The van der Waals surface area contributed by atoms with Crippen LogP contribution in [0.1, 0.15) is 12.8 Å². The third kappa shape index (κ3) is 2.76. The van der Waals surface area contributed by atoms with Crippen molar-refractivity contribution < 1.29 is 19.1 Å². The highest BCUT2D eigenvalue weighted by molar-refractivity contribution is 8.01. The van der Waals surface area contributed by atoms with Crippen molar-refractivity contribution in [2.75, 3.05) is 5.32 Å². The van der Waals surface area contributed by atoms with Crippen molar-refractivity contribution in [3.05, 3.63) is 24.0 Å². The normalized spacial score (nSPS) is 18.4. The number of anilines is 1. The maximum Gasteiger partial charge on any atom is 0.303 e. The van der Waals surface area contributed by atoms with Crippen molar-refractivity contribution >= 4 is 29.3 Å². The quantitative estimate of drug-likeness (QED) is 0.868. The third-order valence-electron chi connectivity index (χ3n) is 2.38. The van der Waals surface area contributed by atoms with E-state index in [4.69, 9.17) is 5.11 Å². The van der Waals surface area contributed by atoms with Crippen LogP contribution in [0.3, 0.4) is 0 Å². The summed E-state index contributed by atoms with van der Waals surface area (Å²) in [4.78, 5) is 22.8. The Morgan fingerprint density at radius 1 is 1.53 bits per heavy atom. The van der Waals surface area contributed by atoms with E-state index in [1.54, 1.807) is 6.07 Å². The summed E-state index contributed by atoms with van der Waals surface area (Å²) >= 11 is 1.27. The van der Waals surface area contributed by atoms with Gasteiger partial charge in [0.1, 0.15) is 5.82 Å². The lowest BCUT2D eigenvalue weighted by molar-refractivity contribution is -0.137. The van der Waals surface area contributed by atoms with Gasteiger partial charge in [0.2, 0.25) is 5.91 Å². The largest absolute Gasteiger partial charge is 0.481 e. The van der Waals surface area contributed by atoms with E-state index < -0.39 is 17.0 Å². The summed E-state index contributed by atoms with van der Waals surface area (Å²) in [6.07, 6.45) is 0.213. The second-order valence-electron chi connectivity index (χ2n) is 3.67. The van der Waals surface area contributed by atoms with Crippen molar-refractivity contribution in [2.45, 2.75) is 23.0 Å². The number of fused-ring (bicyclic) bond motifs is 1. The highest BCUT2D eigenvalue weighted by atomic mass is 32.2. The molecule has 1 aliphatic rings. The van der Waals surface area contributed by atoms with Gasteiger partial charge < -0.3 is 10.4 Å². The van der Waals surface area contributed by atoms with Gasteiger partial charge in [-0.1, -0.05) is 0 Å². The van der Waals surface area contributed by atoms with Crippen molar-refractivity contribution in [3.8, 4) is 0 Å². The zero-order valence-corrected chi connectivity index (χ0v) is 9.59. The number of thioether (sulfide) groups is 1. The number of halogens is 1. The molecule has 0 saturated carbocycles. The molecule has 0 bridgehead atoms. The van der Waals surface area contributed by atoms with Crippen LogP contribution in [0.15, 0.2) is 23.1 Å². The fourth-order valence-corrected chi connectivity index (χ4v) is 2.66. The number of carbonyl (C=O) groups excluding carboxylic acids is 1. The topological polar surface area (TPSA) is 66.4 Å². The first-order chi connectivity index (χ1) is 8.06. The van der Waals surface area contributed by atoms with E-state index in [0.29, 0.717) is 5.69 Å². The Hall–Kier alpha value is -1.56. The number of carbonyl (C=O) groups is 2. The Morgan fingerprint density at radius 3 is 3.00 bits per heavy atom. The standard InChI is InChI=1S/C11H10FNO3S/c12-6-1-2-8-7(5-6)13-11(16)9(17-8)3-4-10(14)15/h1-2,5,9H,3-4H2,(H,13,16)(H,14,15). The Morgan fingerprint density at radius 2 is 2.29 bits per heavy atom. The van der Waals surface area contributed by atoms with Crippen LogP contribution in [0.4, 0.5) is 10.1 Å². The summed E-state index contributed by atoms with van der Waals surface area (Å²) in [6, 6.07) is 4.16. The van der Waals surface area contributed by atoms with Crippen molar-refractivity contribution in [1.29, 1.82) is 0 Å². The molecule has 1 aromatic rings. The summed E-state index contributed by atoms with van der Waals surface area (Å²) in [5.74, 6) is -1.61. The number of hydrogen-bond acceptors (Lipinski definition) is 3. The average molecular weight is 255 g/mol. The smallest absolute Gasteiger partial charge is 0.303 e. The highest BCUT2D eigenvalue weighted by Crippen LogP contribution is 2.37. The molecule has 0 radical (unpaired) electrons. The minimum atomic E-state index is -0.927. The summed E-state index contributed by atoms with van der Waals surface area (Å²) in [5, 5.41) is 10.7. The van der Waals surface area contributed by atoms with Crippen molar-refractivity contribution in [3.63, 3.8) is 0 Å². The number of carboxylic acids is 1. The van der Waals surface area contributed by atoms with Gasteiger partial charge in [-0.05, 0) is 24.6 Å². The molecule has 0 aromatic heterocycles. The SMILES string of the molecule is O=C(O)CCC1Sc2ccc(F)cc2NC1=O. The van der Waals surface area contributed by atoms with Gasteiger partial charge in [-0.15, -0.1) is 11.8 Å². The Balaban J connectivity index is 2.13. The predicted octanol–water partition coefficient (Wildman–Crippen LogP) is 2.10. The lowest BCUT2D eigenvalue weighted by Crippen LogP contribution is -2.29. The number of carboxylic acid groups (broad SMARTS) is 1. The molecule has 1 heterocycles. The number of benzene rings is 1. The third-order valence-corrected chi connectivity index (χ3v) is 3.73. The summed E-state index contributed by atoms with van der Waals surface area (Å²) in [5.41, 5.74) is 0.451. The first-order valence-corrected chi connectivity index (χ1v) is 5.93. The molecule has 1 amide bonds. The number of nitrogens with one attached hydrogen (secondary N) is 1. The number of aliphatic carboxylic acids is 1. The van der Waals surface area contributed by atoms with Gasteiger partial charge in [-0.2, -0.15) is 0 Å². The van der Waals surface area contributed by atoms with Crippen LogP contribution in [-0.2, 0) is 9.59 Å². The average Bonchev–Trinajstić information content (AvgIpc) is 2.26. The minimum absolute atomic E-state index is 0.0540. The molecule has 0 spiro atoms. The molecule has 1 atom stereocenters. The van der Waals surface area contributed by atoms with E-state index >= 15 is 0 Å². The van der Waals surface area contributed by atoms with E-state index in [1.165, 1.54) is 23.9 Å². The van der Waals surface area contributed by atoms with Crippen LogP contribution in [0.25, 0.3) is 0 Å². The molecule has 1 aliphatic heterocycles. The van der Waals surface area contributed by atoms with Crippen LogP contribution >= 0.6 is 11.8 Å². The number of amides is 1. The Labute approximate surface area is 101 Å². The van der Waals surface area contributed by atoms with Crippen molar-refractivity contribution in [2.24, 2.45) is 0 Å². The summed E-state index contributed by atoms with van der Waals surface area (Å²) in [6.45, 7) is 0. The maximum absolute atomic E-state index is 12.9. The van der Waals surface area contributed by atoms with Crippen molar-refractivity contribution in [1.82, 2.24) is 0 Å². The predicted molar refractivity (Wildman–Crippen MR) is 61.5 cm³/mol. The fourth-order valence-electron chi connectivity index (χ4n) is 1.57. The van der Waals surface area contributed by atoms with Gasteiger partial charge in [0.05, 0.1) is 10.9 Å². The molecule has 0 fully saturated rings. The summed E-state index contributed by atoms with van der Waals surface area (Å²) < 4.78 is 12.9. The maximum atomic E-state index is 12.9. The molecule has 1 aromatic carbocycles. The second-order valence-corrected chi connectivity index (χ2v) is 4.91. The first-order valence-electron chi connectivity index (χ1n) is 5.05. The van der Waals surface area contributed by atoms with Gasteiger partial charge >= 0.3 is 5.97 Å². The highest BCUT2D eigenvalue weighted by Gasteiger charge is 2.27. The van der Waals surface area contributed by atoms with E-state index in [-0.39, 0.29) is 18.7 Å². The van der Waals surface area contributed by atoms with E-state index in [2.05, 4.69) is 5.32 Å². The van der Waals surface area contributed by atoms with Crippen LogP contribution in [-0.4, -0.2) is 22.2 Å². The van der Waals surface area contributed by atoms with Gasteiger partial charge in [-0.3, -0.25) is 9.59 Å². The Kier molecular flexibility index (Phi) is 3.33. The molecule has 4 nitrogen and oxygen atoms in total. The molecule has 0 aliphatic carbocycles.